The van der Waals surface area contributed by atoms with Gasteiger partial charge in [-0.1, -0.05) is 24.0 Å². The second kappa shape index (κ2) is 10.4. The fourth-order valence-corrected chi connectivity index (χ4v) is 8.06. The first kappa shape index (κ1) is 27.8. The molecule has 0 saturated carbocycles. The molecule has 0 amide bonds. The van der Waals surface area contributed by atoms with Crippen LogP contribution in [0.1, 0.15) is 48.9 Å². The molecule has 9 heteroatoms. The minimum Gasteiger partial charge on any atom is -0.508 e. The first-order valence-corrected chi connectivity index (χ1v) is 15.5. The van der Waals surface area contributed by atoms with Gasteiger partial charge in [0.05, 0.1) is 11.2 Å². The maximum atomic E-state index is 16.9. The van der Waals surface area contributed by atoms with Crippen LogP contribution in [0.2, 0.25) is 0 Å². The van der Waals surface area contributed by atoms with Gasteiger partial charge in [-0.15, -0.1) is 6.42 Å². The van der Waals surface area contributed by atoms with Crippen LogP contribution in [0.25, 0.3) is 32.9 Å². The van der Waals surface area contributed by atoms with Gasteiger partial charge >= 0.3 is 0 Å². The third-order valence-electron chi connectivity index (χ3n) is 9.98. The summed E-state index contributed by atoms with van der Waals surface area (Å²) < 4.78 is 31.4. The average Bonchev–Trinajstić information content (AvgIpc) is 3.68. The zero-order valence-electron chi connectivity index (χ0n) is 24.6. The van der Waals surface area contributed by atoms with Gasteiger partial charge in [-0.3, -0.25) is 9.88 Å². The van der Waals surface area contributed by atoms with Crippen LogP contribution in [-0.4, -0.2) is 69.9 Å². The van der Waals surface area contributed by atoms with Gasteiger partial charge in [-0.05, 0) is 61.7 Å². The SMILES string of the molecule is C#Cc1cccc2cc(O)cc(-c3ncc4c(N5CC6CCC(C5)N6)c(C#N)c(C#C[C@@]56CCCN5C[C@H](F)C6)nc4c3F)c12. The quantitative estimate of drug-likeness (QED) is 0.313. The molecule has 4 saturated heterocycles. The number of benzene rings is 2. The third-order valence-corrected chi connectivity index (χ3v) is 9.98. The van der Waals surface area contributed by atoms with Crippen LogP contribution in [0.4, 0.5) is 14.5 Å². The number of hydrogen-bond donors (Lipinski definition) is 2. The number of phenols is 1. The molecular formula is C36H30F2N6O. The van der Waals surface area contributed by atoms with Crippen molar-refractivity contribution in [1.29, 1.82) is 5.26 Å². The van der Waals surface area contributed by atoms with Gasteiger partial charge in [-0.2, -0.15) is 5.26 Å². The number of aromatic nitrogens is 2. The molecule has 4 fully saturated rings. The Morgan fingerprint density at radius 2 is 1.98 bits per heavy atom. The second-order valence-electron chi connectivity index (χ2n) is 12.7. The summed E-state index contributed by atoms with van der Waals surface area (Å²) in [7, 11) is 0. The lowest BCUT2D eigenvalue weighted by atomic mass is 9.93. The predicted octanol–water partition coefficient (Wildman–Crippen LogP) is 5.02. The molecule has 0 radical (unpaired) electrons. The zero-order valence-corrected chi connectivity index (χ0v) is 24.6. The lowest BCUT2D eigenvalue weighted by Crippen LogP contribution is -2.51. The van der Waals surface area contributed by atoms with E-state index < -0.39 is 17.5 Å². The minimum atomic E-state index is -0.956. The lowest BCUT2D eigenvalue weighted by Gasteiger charge is -2.35. The van der Waals surface area contributed by atoms with E-state index in [1.54, 1.807) is 30.5 Å². The van der Waals surface area contributed by atoms with Crippen molar-refractivity contribution in [2.24, 2.45) is 0 Å². The van der Waals surface area contributed by atoms with Crippen molar-refractivity contribution in [3.63, 3.8) is 0 Å². The minimum absolute atomic E-state index is 0.00910. The van der Waals surface area contributed by atoms with Crippen LogP contribution in [0.3, 0.4) is 0 Å². The summed E-state index contributed by atoms with van der Waals surface area (Å²) in [5, 5.41) is 26.4. The molecule has 2 unspecified atom stereocenters. The van der Waals surface area contributed by atoms with Crippen LogP contribution in [0.15, 0.2) is 36.5 Å². The summed E-state index contributed by atoms with van der Waals surface area (Å²) in [5.74, 6) is 8.39. The Kier molecular flexibility index (Phi) is 6.43. The molecular weight excluding hydrogens is 570 g/mol. The molecule has 2 N–H and O–H groups in total. The lowest BCUT2D eigenvalue weighted by molar-refractivity contribution is 0.255. The van der Waals surface area contributed by atoms with Crippen LogP contribution in [0, 0.1) is 41.3 Å². The monoisotopic (exact) mass is 600 g/mol. The van der Waals surface area contributed by atoms with E-state index in [1.807, 2.05) is 0 Å². The summed E-state index contributed by atoms with van der Waals surface area (Å²) in [6.45, 7) is 2.44. The van der Waals surface area contributed by atoms with Crippen molar-refractivity contribution in [1.82, 2.24) is 20.2 Å². The van der Waals surface area contributed by atoms with E-state index in [9.17, 15) is 14.8 Å². The number of nitrogens with one attached hydrogen (secondary N) is 1. The number of hydrogen-bond acceptors (Lipinski definition) is 7. The highest BCUT2D eigenvalue weighted by atomic mass is 19.1. The number of nitriles is 1. The molecule has 4 aliphatic rings. The highest BCUT2D eigenvalue weighted by Crippen LogP contribution is 2.42. The number of phenolic OH excluding ortho intramolecular Hbond substituents is 1. The van der Waals surface area contributed by atoms with Gasteiger partial charge in [0.25, 0.3) is 0 Å². The normalized spacial score (nSPS) is 25.6. The number of anilines is 1. The number of aromatic hydroxyl groups is 1. The highest BCUT2D eigenvalue weighted by Gasteiger charge is 2.47. The molecule has 7 nitrogen and oxygen atoms in total. The van der Waals surface area contributed by atoms with Crippen molar-refractivity contribution < 1.29 is 13.9 Å². The summed E-state index contributed by atoms with van der Waals surface area (Å²) in [4.78, 5) is 13.5. The summed E-state index contributed by atoms with van der Waals surface area (Å²) in [5.41, 5.74) is 1.34. The maximum absolute atomic E-state index is 16.9. The van der Waals surface area contributed by atoms with E-state index >= 15 is 4.39 Å². The molecule has 2 aromatic carbocycles. The predicted molar refractivity (Wildman–Crippen MR) is 169 cm³/mol. The van der Waals surface area contributed by atoms with Crippen molar-refractivity contribution >= 4 is 27.4 Å². The Balaban J connectivity index is 1.37. The Bertz CT molecular complexity index is 2040. The van der Waals surface area contributed by atoms with Crippen molar-refractivity contribution in [2.45, 2.75) is 55.9 Å². The number of pyridine rings is 2. The Morgan fingerprint density at radius 3 is 2.76 bits per heavy atom. The van der Waals surface area contributed by atoms with Crippen molar-refractivity contribution in [2.75, 3.05) is 31.1 Å². The van der Waals surface area contributed by atoms with E-state index in [4.69, 9.17) is 11.4 Å². The second-order valence-corrected chi connectivity index (χ2v) is 12.7. The number of nitrogens with zero attached hydrogens (tertiary/aromatic N) is 5. The molecule has 8 rings (SSSR count). The standard InChI is InChI=1S/C36H30F2N6O/c1-2-21-5-3-6-22-13-26(45)14-27(31(21)22)33-32(38)34-29(17-40-33)35(43-19-24-7-8-25(20-43)41-24)28(16-39)30(42-34)9-11-36-10-4-12-44(36)18-23(37)15-36/h1,3,5-6,13-14,17,23-25,41,45H,4,7-8,10,12,15,18-20H2/t23-,24?,25?,36-/m1/s1. The van der Waals surface area contributed by atoms with E-state index in [1.165, 1.54) is 6.07 Å². The number of rotatable bonds is 2. The van der Waals surface area contributed by atoms with E-state index in [0.29, 0.717) is 59.0 Å². The smallest absolute Gasteiger partial charge is 0.175 e. The topological polar surface area (TPSA) is 88.3 Å². The Morgan fingerprint density at radius 1 is 1.16 bits per heavy atom. The van der Waals surface area contributed by atoms with Crippen molar-refractivity contribution in [3.8, 4) is 47.3 Å². The summed E-state index contributed by atoms with van der Waals surface area (Å²) in [6, 6.07) is 11.3. The molecule has 0 spiro atoms. The molecule has 45 heavy (non-hydrogen) atoms. The first-order chi connectivity index (χ1) is 21.9. The first-order valence-electron chi connectivity index (χ1n) is 15.5. The number of terminal acetylenes is 1. The Labute approximate surface area is 259 Å². The fourth-order valence-electron chi connectivity index (χ4n) is 8.06. The van der Waals surface area contributed by atoms with Gasteiger partial charge in [0.2, 0.25) is 0 Å². The highest BCUT2D eigenvalue weighted by molar-refractivity contribution is 6.03. The van der Waals surface area contributed by atoms with Gasteiger partial charge < -0.3 is 15.3 Å². The number of halogens is 2. The van der Waals surface area contributed by atoms with E-state index in [-0.39, 0.29) is 40.3 Å². The van der Waals surface area contributed by atoms with Crippen LogP contribution in [-0.2, 0) is 0 Å². The summed E-state index contributed by atoms with van der Waals surface area (Å²) in [6.07, 6.45) is 10.5. The average molecular weight is 601 g/mol. The third kappa shape index (κ3) is 4.40. The van der Waals surface area contributed by atoms with Gasteiger partial charge in [-0.25, -0.2) is 13.8 Å². The maximum Gasteiger partial charge on any atom is 0.175 e. The number of piperazine rings is 1. The molecule has 4 aliphatic heterocycles. The number of fused-ring (bicyclic) bond motifs is 5. The number of alkyl halides is 1. The van der Waals surface area contributed by atoms with Crippen LogP contribution in [0.5, 0.6) is 5.75 Å². The molecule has 6 heterocycles. The zero-order chi connectivity index (χ0) is 30.9. The fraction of sp³-hybridized carbons (Fsp3) is 0.361. The van der Waals surface area contributed by atoms with Gasteiger partial charge in [0.1, 0.15) is 40.5 Å². The van der Waals surface area contributed by atoms with Gasteiger partial charge in [0.15, 0.2) is 5.82 Å². The molecule has 0 aliphatic carbocycles. The molecule has 4 atom stereocenters. The molecule has 2 bridgehead atoms. The van der Waals surface area contributed by atoms with Gasteiger partial charge in [0, 0.05) is 66.2 Å². The van der Waals surface area contributed by atoms with Crippen molar-refractivity contribution in [3.05, 3.63) is 59.2 Å². The van der Waals surface area contributed by atoms with E-state index in [2.05, 4.69) is 43.9 Å². The molecule has 224 valence electrons. The summed E-state index contributed by atoms with van der Waals surface area (Å²) >= 11 is 0. The largest absolute Gasteiger partial charge is 0.508 e. The van der Waals surface area contributed by atoms with Crippen LogP contribution >= 0.6 is 0 Å². The molecule has 2 aromatic heterocycles. The van der Waals surface area contributed by atoms with Crippen LogP contribution < -0.4 is 10.2 Å². The molecule has 4 aromatic rings. The Hall–Kier alpha value is -4.75. The van der Waals surface area contributed by atoms with E-state index in [0.717, 1.165) is 32.2 Å².